The van der Waals surface area contributed by atoms with Gasteiger partial charge in [0, 0.05) is 0 Å². The van der Waals surface area contributed by atoms with Crippen LogP contribution in [0.5, 0.6) is 5.75 Å². The van der Waals surface area contributed by atoms with E-state index in [1.54, 1.807) is 31.2 Å². The molecule has 0 spiro atoms. The fourth-order valence-corrected chi connectivity index (χ4v) is 2.90. The van der Waals surface area contributed by atoms with Crippen LogP contribution in [0.25, 0.3) is 0 Å². The minimum atomic E-state index is -3.84. The second-order valence-electron chi connectivity index (χ2n) is 4.86. The molecule has 2 rings (SSSR count). The largest absolute Gasteiger partial charge is 0.379 e. The Balaban J connectivity index is 2.37. The van der Waals surface area contributed by atoms with Gasteiger partial charge in [0.2, 0.25) is 0 Å². The Morgan fingerprint density at radius 3 is 2.14 bits per heavy atom. The molecule has 0 amide bonds. The molecule has 3 N–H and O–H groups in total. The van der Waals surface area contributed by atoms with Crippen molar-refractivity contribution in [3.8, 4) is 5.75 Å². The maximum atomic E-state index is 12.3. The Labute approximate surface area is 124 Å². The molecule has 6 heteroatoms. The summed E-state index contributed by atoms with van der Waals surface area (Å²) in [6.07, 6.45) is 0. The zero-order valence-electron chi connectivity index (χ0n) is 12.2. The predicted octanol–water partition coefficient (Wildman–Crippen LogP) is 2.67. The van der Waals surface area contributed by atoms with Crippen LogP contribution in [0.15, 0.2) is 41.3 Å². The highest BCUT2D eigenvalue weighted by Crippen LogP contribution is 2.29. The quantitative estimate of drug-likeness (QED) is 0.515. The van der Waals surface area contributed by atoms with Gasteiger partial charge >= 0.3 is 10.1 Å². The van der Waals surface area contributed by atoms with Crippen LogP contribution < -0.4 is 15.5 Å². The van der Waals surface area contributed by atoms with Gasteiger partial charge in [-0.2, -0.15) is 8.42 Å². The summed E-state index contributed by atoms with van der Waals surface area (Å²) in [5.74, 6) is 5.69. The summed E-state index contributed by atoms with van der Waals surface area (Å²) in [6, 6.07) is 9.79. The SMILES string of the molecule is Cc1ccc(S(=O)(=O)Oc2ccc(NN)c(C)c2C)cc1. The summed E-state index contributed by atoms with van der Waals surface area (Å²) in [6.45, 7) is 5.52. The molecule has 0 aliphatic carbocycles. The molecule has 2 aromatic carbocycles. The number of rotatable bonds is 4. The summed E-state index contributed by atoms with van der Waals surface area (Å²) in [4.78, 5) is 0.131. The maximum absolute atomic E-state index is 12.3. The topological polar surface area (TPSA) is 81.4 Å². The summed E-state index contributed by atoms with van der Waals surface area (Å²) in [5, 5.41) is 0. The van der Waals surface area contributed by atoms with E-state index < -0.39 is 10.1 Å². The van der Waals surface area contributed by atoms with E-state index in [4.69, 9.17) is 10.0 Å². The smallest absolute Gasteiger partial charge is 0.339 e. The van der Waals surface area contributed by atoms with Crippen LogP contribution in [0.3, 0.4) is 0 Å². The standard InChI is InChI=1S/C15H18N2O3S/c1-10-4-6-13(7-5-10)21(18,19)20-15-9-8-14(17-16)11(2)12(15)3/h4-9,17H,16H2,1-3H3. The van der Waals surface area contributed by atoms with Crippen molar-refractivity contribution in [1.29, 1.82) is 0 Å². The molecule has 0 aliphatic rings. The average molecular weight is 306 g/mol. The van der Waals surface area contributed by atoms with Crippen molar-refractivity contribution in [1.82, 2.24) is 0 Å². The number of nitrogen functional groups attached to an aromatic ring is 1. The van der Waals surface area contributed by atoms with Gasteiger partial charge in [-0.15, -0.1) is 0 Å². The van der Waals surface area contributed by atoms with E-state index in [-0.39, 0.29) is 4.90 Å². The lowest BCUT2D eigenvalue weighted by Gasteiger charge is -2.14. The zero-order valence-corrected chi connectivity index (χ0v) is 13.0. The van der Waals surface area contributed by atoms with Crippen molar-refractivity contribution in [2.24, 2.45) is 5.84 Å². The van der Waals surface area contributed by atoms with Crippen molar-refractivity contribution in [3.05, 3.63) is 53.1 Å². The van der Waals surface area contributed by atoms with Crippen LogP contribution in [0.2, 0.25) is 0 Å². The van der Waals surface area contributed by atoms with E-state index in [1.807, 2.05) is 13.8 Å². The van der Waals surface area contributed by atoms with Crippen molar-refractivity contribution in [2.45, 2.75) is 25.7 Å². The number of nitrogens with one attached hydrogen (secondary N) is 1. The first kappa shape index (κ1) is 15.3. The summed E-state index contributed by atoms with van der Waals surface area (Å²) in [5.41, 5.74) is 5.84. The molecule has 0 aromatic heterocycles. The van der Waals surface area contributed by atoms with E-state index in [1.165, 1.54) is 12.1 Å². The Kier molecular flexibility index (Phi) is 4.20. The van der Waals surface area contributed by atoms with Gasteiger partial charge in [-0.25, -0.2) is 0 Å². The number of aryl methyl sites for hydroxylation is 1. The highest BCUT2D eigenvalue weighted by atomic mass is 32.2. The van der Waals surface area contributed by atoms with E-state index in [2.05, 4.69) is 5.43 Å². The van der Waals surface area contributed by atoms with Gasteiger partial charge < -0.3 is 9.61 Å². The molecule has 0 fully saturated rings. The zero-order chi connectivity index (χ0) is 15.6. The van der Waals surface area contributed by atoms with Gasteiger partial charge in [-0.1, -0.05) is 17.7 Å². The Morgan fingerprint density at radius 2 is 1.57 bits per heavy atom. The number of hydrogen-bond donors (Lipinski definition) is 2. The molecule has 0 radical (unpaired) electrons. The van der Waals surface area contributed by atoms with E-state index >= 15 is 0 Å². The van der Waals surface area contributed by atoms with Crippen molar-refractivity contribution in [3.63, 3.8) is 0 Å². The van der Waals surface area contributed by atoms with Crippen LogP contribution in [0.4, 0.5) is 5.69 Å². The maximum Gasteiger partial charge on any atom is 0.339 e. The van der Waals surface area contributed by atoms with Gasteiger partial charge in [-0.05, 0) is 56.2 Å². The van der Waals surface area contributed by atoms with Crippen LogP contribution in [-0.4, -0.2) is 8.42 Å². The van der Waals surface area contributed by atoms with Crippen molar-refractivity contribution >= 4 is 15.8 Å². The van der Waals surface area contributed by atoms with Gasteiger partial charge in [0.1, 0.15) is 10.6 Å². The molecular weight excluding hydrogens is 288 g/mol. The van der Waals surface area contributed by atoms with E-state index in [0.29, 0.717) is 5.75 Å². The van der Waals surface area contributed by atoms with Gasteiger partial charge in [0.05, 0.1) is 5.69 Å². The molecule has 0 bridgehead atoms. The summed E-state index contributed by atoms with van der Waals surface area (Å²) < 4.78 is 29.8. The van der Waals surface area contributed by atoms with Crippen LogP contribution >= 0.6 is 0 Å². The third-order valence-electron chi connectivity index (χ3n) is 3.40. The number of nitrogens with two attached hydrogens (primary N) is 1. The van der Waals surface area contributed by atoms with E-state index in [0.717, 1.165) is 22.4 Å². The Bertz CT molecular complexity index is 753. The lowest BCUT2D eigenvalue weighted by molar-refractivity contribution is 0.484. The first-order valence-electron chi connectivity index (χ1n) is 6.43. The highest BCUT2D eigenvalue weighted by molar-refractivity contribution is 7.87. The summed E-state index contributed by atoms with van der Waals surface area (Å²) >= 11 is 0. The van der Waals surface area contributed by atoms with Crippen LogP contribution in [0, 0.1) is 20.8 Å². The average Bonchev–Trinajstić information content (AvgIpc) is 2.44. The first-order valence-corrected chi connectivity index (χ1v) is 7.84. The molecule has 0 atom stereocenters. The molecule has 21 heavy (non-hydrogen) atoms. The van der Waals surface area contributed by atoms with Gasteiger partial charge in [0.15, 0.2) is 0 Å². The minimum absolute atomic E-state index is 0.131. The fourth-order valence-electron chi connectivity index (χ4n) is 1.91. The molecule has 2 aromatic rings. The number of benzene rings is 2. The molecule has 112 valence electrons. The molecule has 0 unspecified atom stereocenters. The molecule has 0 saturated heterocycles. The lowest BCUT2D eigenvalue weighted by Crippen LogP contribution is -2.12. The number of hydrazine groups is 1. The predicted molar refractivity (Wildman–Crippen MR) is 82.7 cm³/mol. The molecule has 5 nitrogen and oxygen atoms in total. The second kappa shape index (κ2) is 5.75. The molecule has 0 aliphatic heterocycles. The van der Waals surface area contributed by atoms with Crippen molar-refractivity contribution in [2.75, 3.05) is 5.43 Å². The molecule has 0 heterocycles. The number of anilines is 1. The Hall–Kier alpha value is -2.05. The molecule has 0 saturated carbocycles. The van der Waals surface area contributed by atoms with E-state index in [9.17, 15) is 8.42 Å². The Morgan fingerprint density at radius 1 is 0.952 bits per heavy atom. The summed E-state index contributed by atoms with van der Waals surface area (Å²) in [7, 11) is -3.84. The fraction of sp³-hybridized carbons (Fsp3) is 0.200. The highest BCUT2D eigenvalue weighted by Gasteiger charge is 2.18. The third kappa shape index (κ3) is 3.17. The van der Waals surface area contributed by atoms with Crippen LogP contribution in [0.1, 0.15) is 16.7 Å². The monoisotopic (exact) mass is 306 g/mol. The minimum Gasteiger partial charge on any atom is -0.379 e. The van der Waals surface area contributed by atoms with Crippen LogP contribution in [-0.2, 0) is 10.1 Å². The lowest BCUT2D eigenvalue weighted by atomic mass is 10.1. The first-order chi connectivity index (χ1) is 9.85. The molecular formula is C15H18N2O3S. The third-order valence-corrected chi connectivity index (χ3v) is 4.65. The van der Waals surface area contributed by atoms with Crippen molar-refractivity contribution < 1.29 is 12.6 Å². The second-order valence-corrected chi connectivity index (χ2v) is 6.40. The number of hydrogen-bond acceptors (Lipinski definition) is 5. The van der Waals surface area contributed by atoms with Gasteiger partial charge in [-0.3, -0.25) is 5.84 Å². The van der Waals surface area contributed by atoms with Gasteiger partial charge in [0.25, 0.3) is 0 Å². The normalized spacial score (nSPS) is 11.2.